The standard InChI is InChI=1S/C10H16N2O/c1-3-9(11)10(13)8-4-5-12-7(2)6-8/h4-6,9-10,13H,3,11H2,1-2H3. The zero-order chi connectivity index (χ0) is 9.84. The Morgan fingerprint density at radius 3 is 2.85 bits per heavy atom. The molecule has 0 fully saturated rings. The van der Waals surface area contributed by atoms with Gasteiger partial charge in [0, 0.05) is 17.9 Å². The number of aliphatic hydroxyl groups excluding tert-OH is 1. The molecule has 0 spiro atoms. The van der Waals surface area contributed by atoms with E-state index in [2.05, 4.69) is 4.98 Å². The zero-order valence-electron chi connectivity index (χ0n) is 8.07. The Morgan fingerprint density at radius 1 is 1.62 bits per heavy atom. The highest BCUT2D eigenvalue weighted by atomic mass is 16.3. The molecule has 0 radical (unpaired) electrons. The van der Waals surface area contributed by atoms with Crippen LogP contribution >= 0.6 is 0 Å². The van der Waals surface area contributed by atoms with Crippen LogP contribution in [0.15, 0.2) is 18.3 Å². The largest absolute Gasteiger partial charge is 0.387 e. The highest BCUT2D eigenvalue weighted by molar-refractivity contribution is 5.19. The lowest BCUT2D eigenvalue weighted by Crippen LogP contribution is -2.27. The van der Waals surface area contributed by atoms with Gasteiger partial charge < -0.3 is 10.8 Å². The van der Waals surface area contributed by atoms with Gasteiger partial charge in [0.15, 0.2) is 0 Å². The molecule has 0 saturated carbocycles. The monoisotopic (exact) mass is 180 g/mol. The number of hydrogen-bond donors (Lipinski definition) is 2. The molecule has 2 unspecified atom stereocenters. The first-order chi connectivity index (χ1) is 6.15. The van der Waals surface area contributed by atoms with Crippen LogP contribution in [0.25, 0.3) is 0 Å². The molecular formula is C10H16N2O. The number of nitrogens with two attached hydrogens (primary N) is 1. The average molecular weight is 180 g/mol. The number of aliphatic hydroxyl groups is 1. The second-order valence-electron chi connectivity index (χ2n) is 3.25. The Kier molecular flexibility index (Phi) is 3.39. The predicted octanol–water partition coefficient (Wildman–Crippen LogP) is 1.16. The fourth-order valence-electron chi connectivity index (χ4n) is 1.22. The van der Waals surface area contributed by atoms with Crippen LogP contribution in [0.3, 0.4) is 0 Å². The molecule has 3 nitrogen and oxygen atoms in total. The van der Waals surface area contributed by atoms with E-state index >= 15 is 0 Å². The van der Waals surface area contributed by atoms with Crippen molar-refractivity contribution in [1.29, 1.82) is 0 Å². The molecule has 2 atom stereocenters. The van der Waals surface area contributed by atoms with E-state index in [1.807, 2.05) is 19.9 Å². The van der Waals surface area contributed by atoms with Gasteiger partial charge >= 0.3 is 0 Å². The number of nitrogens with zero attached hydrogens (tertiary/aromatic N) is 1. The van der Waals surface area contributed by atoms with Gasteiger partial charge in [0.2, 0.25) is 0 Å². The molecule has 13 heavy (non-hydrogen) atoms. The van der Waals surface area contributed by atoms with E-state index in [1.54, 1.807) is 12.3 Å². The molecule has 1 heterocycles. The van der Waals surface area contributed by atoms with E-state index in [9.17, 15) is 5.11 Å². The first kappa shape index (κ1) is 10.2. The predicted molar refractivity (Wildman–Crippen MR) is 52.2 cm³/mol. The number of aryl methyl sites for hydroxylation is 1. The summed E-state index contributed by atoms with van der Waals surface area (Å²) in [6.45, 7) is 3.86. The molecule has 0 saturated heterocycles. The van der Waals surface area contributed by atoms with Crippen LogP contribution in [0, 0.1) is 6.92 Å². The van der Waals surface area contributed by atoms with Gasteiger partial charge in [-0.25, -0.2) is 0 Å². The Morgan fingerprint density at radius 2 is 2.31 bits per heavy atom. The van der Waals surface area contributed by atoms with Crippen molar-refractivity contribution < 1.29 is 5.11 Å². The smallest absolute Gasteiger partial charge is 0.0941 e. The van der Waals surface area contributed by atoms with E-state index in [-0.39, 0.29) is 6.04 Å². The Hall–Kier alpha value is -0.930. The Labute approximate surface area is 78.6 Å². The third-order valence-corrected chi connectivity index (χ3v) is 2.14. The van der Waals surface area contributed by atoms with Gasteiger partial charge in [-0.2, -0.15) is 0 Å². The van der Waals surface area contributed by atoms with Crippen LogP contribution in [0.4, 0.5) is 0 Å². The molecule has 0 aromatic carbocycles. The van der Waals surface area contributed by atoms with Crippen molar-refractivity contribution in [1.82, 2.24) is 4.98 Å². The van der Waals surface area contributed by atoms with Crippen LogP contribution in [-0.2, 0) is 0 Å². The maximum atomic E-state index is 9.76. The van der Waals surface area contributed by atoms with Crippen LogP contribution < -0.4 is 5.73 Å². The van der Waals surface area contributed by atoms with Crippen molar-refractivity contribution in [2.24, 2.45) is 5.73 Å². The highest BCUT2D eigenvalue weighted by Gasteiger charge is 2.14. The average Bonchev–Trinajstić information content (AvgIpc) is 2.15. The molecule has 3 N–H and O–H groups in total. The van der Waals surface area contributed by atoms with Crippen LogP contribution in [-0.4, -0.2) is 16.1 Å². The summed E-state index contributed by atoms with van der Waals surface area (Å²) in [4.78, 5) is 4.06. The van der Waals surface area contributed by atoms with Gasteiger partial charge in [-0.05, 0) is 31.0 Å². The molecule has 0 aliphatic heterocycles. The fraction of sp³-hybridized carbons (Fsp3) is 0.500. The van der Waals surface area contributed by atoms with Gasteiger partial charge in [0.1, 0.15) is 0 Å². The van der Waals surface area contributed by atoms with Crippen LogP contribution in [0.5, 0.6) is 0 Å². The van der Waals surface area contributed by atoms with Crippen molar-refractivity contribution in [2.75, 3.05) is 0 Å². The maximum absolute atomic E-state index is 9.76. The zero-order valence-corrected chi connectivity index (χ0v) is 8.07. The number of aromatic nitrogens is 1. The summed E-state index contributed by atoms with van der Waals surface area (Å²) in [5, 5.41) is 9.76. The fourth-order valence-corrected chi connectivity index (χ4v) is 1.22. The van der Waals surface area contributed by atoms with Crippen molar-refractivity contribution in [3.63, 3.8) is 0 Å². The minimum Gasteiger partial charge on any atom is -0.387 e. The summed E-state index contributed by atoms with van der Waals surface area (Å²) in [6, 6.07) is 3.47. The lowest BCUT2D eigenvalue weighted by molar-refractivity contribution is 0.144. The first-order valence-electron chi connectivity index (χ1n) is 4.51. The summed E-state index contributed by atoms with van der Waals surface area (Å²) >= 11 is 0. The van der Waals surface area contributed by atoms with Crippen molar-refractivity contribution in [3.05, 3.63) is 29.6 Å². The second-order valence-corrected chi connectivity index (χ2v) is 3.25. The van der Waals surface area contributed by atoms with Crippen LogP contribution in [0.1, 0.15) is 30.7 Å². The normalized spacial score (nSPS) is 15.4. The molecule has 0 bridgehead atoms. The summed E-state index contributed by atoms with van der Waals surface area (Å²) in [7, 11) is 0. The molecule has 3 heteroatoms. The SMILES string of the molecule is CCC(N)C(O)c1ccnc(C)c1. The maximum Gasteiger partial charge on any atom is 0.0941 e. The van der Waals surface area contributed by atoms with Gasteiger partial charge in [0.25, 0.3) is 0 Å². The van der Waals surface area contributed by atoms with Crippen LogP contribution in [0.2, 0.25) is 0 Å². The summed E-state index contributed by atoms with van der Waals surface area (Å²) in [5.74, 6) is 0. The Balaban J connectivity index is 2.82. The minimum absolute atomic E-state index is 0.193. The molecule has 1 aromatic rings. The van der Waals surface area contributed by atoms with Crippen molar-refractivity contribution in [2.45, 2.75) is 32.4 Å². The minimum atomic E-state index is -0.577. The molecule has 72 valence electrons. The quantitative estimate of drug-likeness (QED) is 0.733. The third-order valence-electron chi connectivity index (χ3n) is 2.14. The molecule has 1 aromatic heterocycles. The van der Waals surface area contributed by atoms with Gasteiger partial charge in [-0.1, -0.05) is 6.92 Å². The number of hydrogen-bond acceptors (Lipinski definition) is 3. The number of rotatable bonds is 3. The Bertz CT molecular complexity index is 275. The number of pyridine rings is 1. The van der Waals surface area contributed by atoms with Crippen molar-refractivity contribution >= 4 is 0 Å². The lowest BCUT2D eigenvalue weighted by Gasteiger charge is -2.17. The topological polar surface area (TPSA) is 59.1 Å². The van der Waals surface area contributed by atoms with E-state index in [0.29, 0.717) is 0 Å². The van der Waals surface area contributed by atoms with E-state index in [1.165, 1.54) is 0 Å². The molecule has 0 aliphatic rings. The molecule has 1 rings (SSSR count). The van der Waals surface area contributed by atoms with Gasteiger partial charge in [-0.3, -0.25) is 4.98 Å². The summed E-state index contributed by atoms with van der Waals surface area (Å²) in [6.07, 6.45) is 1.88. The van der Waals surface area contributed by atoms with E-state index < -0.39 is 6.10 Å². The molecular weight excluding hydrogens is 164 g/mol. The van der Waals surface area contributed by atoms with E-state index in [0.717, 1.165) is 17.7 Å². The lowest BCUT2D eigenvalue weighted by atomic mass is 10.0. The van der Waals surface area contributed by atoms with E-state index in [4.69, 9.17) is 5.73 Å². The summed E-state index contributed by atoms with van der Waals surface area (Å²) in [5.41, 5.74) is 7.48. The second kappa shape index (κ2) is 4.35. The first-order valence-corrected chi connectivity index (χ1v) is 4.51. The highest BCUT2D eigenvalue weighted by Crippen LogP contribution is 2.17. The van der Waals surface area contributed by atoms with Crippen molar-refractivity contribution in [3.8, 4) is 0 Å². The van der Waals surface area contributed by atoms with Gasteiger partial charge in [-0.15, -0.1) is 0 Å². The van der Waals surface area contributed by atoms with Gasteiger partial charge in [0.05, 0.1) is 6.10 Å². The molecule has 0 aliphatic carbocycles. The summed E-state index contributed by atoms with van der Waals surface area (Å²) < 4.78 is 0. The molecule has 0 amide bonds. The third kappa shape index (κ3) is 2.50.